The Balaban J connectivity index is 1.37. The number of urea groups is 1. The lowest BCUT2D eigenvalue weighted by Gasteiger charge is -2.11. The summed E-state index contributed by atoms with van der Waals surface area (Å²) >= 11 is 0. The third-order valence-corrected chi connectivity index (χ3v) is 5.71. The van der Waals surface area contributed by atoms with Crippen molar-refractivity contribution in [2.24, 2.45) is 0 Å². The van der Waals surface area contributed by atoms with E-state index in [1.807, 2.05) is 31.2 Å². The molecule has 0 bridgehead atoms. The molecule has 0 saturated heterocycles. The number of carbonyl (C=O) groups excluding carboxylic acids is 1. The Morgan fingerprint density at radius 3 is 2.37 bits per heavy atom. The first kappa shape index (κ1) is 24.6. The maximum atomic E-state index is 14.0. The first-order valence-corrected chi connectivity index (χ1v) is 11.8. The standard InChI is InChI=1S/C29H23F2N5O2/c1-19-5-2-3-8-26(19)33-28(37)32-24-13-15-25(16-14-24)36-27(21-6-4-7-23(31)17-21)34-29(35-36)38-18-20-9-11-22(30)12-10-20/h2-17H,18H2,1H3,(H2,32,33,37). The van der Waals surface area contributed by atoms with Gasteiger partial charge in [-0.25, -0.2) is 18.3 Å². The Kier molecular flexibility index (Phi) is 7.08. The summed E-state index contributed by atoms with van der Waals surface area (Å²) in [5, 5.41) is 10.1. The van der Waals surface area contributed by atoms with Crippen molar-refractivity contribution in [1.82, 2.24) is 14.8 Å². The van der Waals surface area contributed by atoms with E-state index in [1.165, 1.54) is 28.9 Å². The number of aryl methyl sites for hydroxylation is 1. The molecule has 0 fully saturated rings. The number of nitrogens with one attached hydrogen (secondary N) is 2. The van der Waals surface area contributed by atoms with Crippen LogP contribution in [-0.2, 0) is 6.61 Å². The first-order valence-electron chi connectivity index (χ1n) is 11.8. The van der Waals surface area contributed by atoms with Gasteiger partial charge in [-0.3, -0.25) is 0 Å². The van der Waals surface area contributed by atoms with Gasteiger partial charge in [-0.05, 0) is 72.6 Å². The summed E-state index contributed by atoms with van der Waals surface area (Å²) in [6.07, 6.45) is 0. The predicted molar refractivity (Wildman–Crippen MR) is 141 cm³/mol. The lowest BCUT2D eigenvalue weighted by Crippen LogP contribution is -2.19. The van der Waals surface area contributed by atoms with E-state index < -0.39 is 5.82 Å². The minimum atomic E-state index is -0.412. The molecular formula is C29H23F2N5O2. The van der Waals surface area contributed by atoms with Gasteiger partial charge in [-0.2, -0.15) is 4.98 Å². The minimum absolute atomic E-state index is 0.0772. The molecular weight excluding hydrogens is 488 g/mol. The summed E-state index contributed by atoms with van der Waals surface area (Å²) in [6.45, 7) is 2.04. The van der Waals surface area contributed by atoms with E-state index in [1.54, 1.807) is 48.5 Å². The number of rotatable bonds is 7. The van der Waals surface area contributed by atoms with Crippen LogP contribution in [0.3, 0.4) is 0 Å². The van der Waals surface area contributed by atoms with Crippen molar-refractivity contribution in [3.05, 3.63) is 120 Å². The topological polar surface area (TPSA) is 81.1 Å². The van der Waals surface area contributed by atoms with E-state index in [0.29, 0.717) is 22.8 Å². The van der Waals surface area contributed by atoms with E-state index in [9.17, 15) is 13.6 Å². The van der Waals surface area contributed by atoms with E-state index in [2.05, 4.69) is 20.7 Å². The summed E-state index contributed by atoms with van der Waals surface area (Å²) in [7, 11) is 0. The van der Waals surface area contributed by atoms with Gasteiger partial charge in [0, 0.05) is 16.9 Å². The van der Waals surface area contributed by atoms with Gasteiger partial charge >= 0.3 is 12.0 Å². The number of para-hydroxylation sites is 1. The molecule has 0 atom stereocenters. The fraction of sp³-hybridized carbons (Fsp3) is 0.0690. The molecule has 38 heavy (non-hydrogen) atoms. The van der Waals surface area contributed by atoms with Crippen LogP contribution in [0.5, 0.6) is 6.01 Å². The fourth-order valence-corrected chi connectivity index (χ4v) is 3.76. The third kappa shape index (κ3) is 5.84. The molecule has 5 aromatic rings. The molecule has 4 aromatic carbocycles. The van der Waals surface area contributed by atoms with E-state index in [4.69, 9.17) is 4.74 Å². The van der Waals surface area contributed by atoms with Gasteiger partial charge in [0.05, 0.1) is 5.69 Å². The van der Waals surface area contributed by atoms with Crippen molar-refractivity contribution >= 4 is 17.4 Å². The summed E-state index contributed by atoms with van der Waals surface area (Å²) < 4.78 is 34.5. The average Bonchev–Trinajstić information content (AvgIpc) is 3.34. The van der Waals surface area contributed by atoms with Crippen molar-refractivity contribution in [1.29, 1.82) is 0 Å². The zero-order valence-electron chi connectivity index (χ0n) is 20.4. The number of carbonyl (C=O) groups is 1. The molecule has 7 nitrogen and oxygen atoms in total. The smallest absolute Gasteiger partial charge is 0.336 e. The maximum Gasteiger partial charge on any atom is 0.336 e. The molecule has 0 saturated carbocycles. The zero-order valence-corrected chi connectivity index (χ0v) is 20.4. The van der Waals surface area contributed by atoms with Gasteiger partial charge in [0.15, 0.2) is 5.82 Å². The first-order chi connectivity index (χ1) is 18.4. The number of halogens is 2. The number of aromatic nitrogens is 3. The van der Waals surface area contributed by atoms with Crippen molar-refractivity contribution in [2.45, 2.75) is 13.5 Å². The zero-order chi connectivity index (χ0) is 26.5. The van der Waals surface area contributed by atoms with Crippen LogP contribution in [0, 0.1) is 18.6 Å². The van der Waals surface area contributed by atoms with Crippen LogP contribution >= 0.6 is 0 Å². The summed E-state index contributed by atoms with van der Waals surface area (Å²) in [5.74, 6) is -0.378. The lowest BCUT2D eigenvalue weighted by atomic mass is 10.2. The largest absolute Gasteiger partial charge is 0.457 e. The number of hydrogen-bond acceptors (Lipinski definition) is 4. The number of hydrogen-bond donors (Lipinski definition) is 2. The average molecular weight is 512 g/mol. The summed E-state index contributed by atoms with van der Waals surface area (Å²) in [6, 6.07) is 26.1. The Labute approximate surface area is 217 Å². The number of anilines is 2. The van der Waals surface area contributed by atoms with Crippen LogP contribution in [-0.4, -0.2) is 20.8 Å². The number of benzene rings is 4. The third-order valence-electron chi connectivity index (χ3n) is 5.71. The number of amides is 2. The number of ether oxygens (including phenoxy) is 1. The lowest BCUT2D eigenvalue weighted by molar-refractivity contribution is 0.262. The summed E-state index contributed by atoms with van der Waals surface area (Å²) in [4.78, 5) is 16.9. The minimum Gasteiger partial charge on any atom is -0.457 e. The summed E-state index contributed by atoms with van der Waals surface area (Å²) in [5.41, 5.74) is 4.12. The Morgan fingerprint density at radius 1 is 0.868 bits per heavy atom. The molecule has 0 radical (unpaired) electrons. The molecule has 0 aliphatic rings. The Hall–Kier alpha value is -5.05. The van der Waals surface area contributed by atoms with Gasteiger partial charge in [0.2, 0.25) is 0 Å². The molecule has 2 amide bonds. The highest BCUT2D eigenvalue weighted by molar-refractivity contribution is 6.00. The highest BCUT2D eigenvalue weighted by atomic mass is 19.1. The van der Waals surface area contributed by atoms with Crippen molar-refractivity contribution in [3.8, 4) is 23.1 Å². The molecule has 1 aromatic heterocycles. The fourth-order valence-electron chi connectivity index (χ4n) is 3.76. The molecule has 190 valence electrons. The second kappa shape index (κ2) is 10.9. The second-order valence-electron chi connectivity index (χ2n) is 8.50. The quantitative estimate of drug-likeness (QED) is 0.253. The van der Waals surface area contributed by atoms with Crippen LogP contribution in [0.4, 0.5) is 25.0 Å². The van der Waals surface area contributed by atoms with Gasteiger partial charge in [0.25, 0.3) is 0 Å². The Morgan fingerprint density at radius 2 is 1.63 bits per heavy atom. The van der Waals surface area contributed by atoms with Gasteiger partial charge in [-0.1, -0.05) is 42.5 Å². The van der Waals surface area contributed by atoms with Crippen molar-refractivity contribution in [2.75, 3.05) is 10.6 Å². The highest BCUT2D eigenvalue weighted by Gasteiger charge is 2.16. The van der Waals surface area contributed by atoms with E-state index in [-0.39, 0.29) is 24.5 Å². The van der Waals surface area contributed by atoms with Crippen LogP contribution in [0.2, 0.25) is 0 Å². The molecule has 0 aliphatic carbocycles. The van der Waals surface area contributed by atoms with Crippen molar-refractivity contribution in [3.63, 3.8) is 0 Å². The maximum absolute atomic E-state index is 14.0. The monoisotopic (exact) mass is 511 g/mol. The highest BCUT2D eigenvalue weighted by Crippen LogP contribution is 2.25. The van der Waals surface area contributed by atoms with Gasteiger partial charge in [0.1, 0.15) is 18.2 Å². The van der Waals surface area contributed by atoms with Crippen LogP contribution in [0.1, 0.15) is 11.1 Å². The number of nitrogens with zero attached hydrogens (tertiary/aromatic N) is 3. The predicted octanol–water partition coefficient (Wildman–Crippen LogP) is 6.74. The molecule has 1 heterocycles. The van der Waals surface area contributed by atoms with Crippen LogP contribution in [0.15, 0.2) is 97.1 Å². The molecule has 9 heteroatoms. The van der Waals surface area contributed by atoms with Crippen molar-refractivity contribution < 1.29 is 18.3 Å². The molecule has 5 rings (SSSR count). The van der Waals surface area contributed by atoms with Gasteiger partial charge in [-0.15, -0.1) is 5.10 Å². The normalized spacial score (nSPS) is 10.7. The SMILES string of the molecule is Cc1ccccc1NC(=O)Nc1ccc(-n2nc(OCc3ccc(F)cc3)nc2-c2cccc(F)c2)cc1. The molecule has 0 spiro atoms. The van der Waals surface area contributed by atoms with E-state index >= 15 is 0 Å². The second-order valence-corrected chi connectivity index (χ2v) is 8.50. The molecule has 2 N–H and O–H groups in total. The molecule has 0 aliphatic heterocycles. The van der Waals surface area contributed by atoms with Crippen LogP contribution < -0.4 is 15.4 Å². The molecule has 0 unspecified atom stereocenters. The van der Waals surface area contributed by atoms with Gasteiger partial charge < -0.3 is 15.4 Å². The van der Waals surface area contributed by atoms with E-state index in [0.717, 1.165) is 16.8 Å². The Bertz CT molecular complexity index is 1570. The van der Waals surface area contributed by atoms with Crippen LogP contribution in [0.25, 0.3) is 17.1 Å².